The number of piperidine rings is 1. The van der Waals surface area contributed by atoms with Crippen LogP contribution in [0.3, 0.4) is 0 Å². The number of amides is 2. The third-order valence-corrected chi connectivity index (χ3v) is 4.46. The average Bonchev–Trinajstić information content (AvgIpc) is 2.59. The van der Waals surface area contributed by atoms with Crippen LogP contribution in [0.1, 0.15) is 56.0 Å². The lowest BCUT2D eigenvalue weighted by atomic mass is 10.0. The van der Waals surface area contributed by atoms with E-state index in [0.29, 0.717) is 18.2 Å². The molecule has 1 aliphatic rings. The van der Waals surface area contributed by atoms with Crippen molar-refractivity contribution in [1.82, 2.24) is 15.5 Å². The zero-order valence-electron chi connectivity index (χ0n) is 16.3. The van der Waals surface area contributed by atoms with Gasteiger partial charge < -0.3 is 15.4 Å². The average molecular weight is 361 g/mol. The molecule has 0 spiro atoms. The largest absolute Gasteiger partial charge is 0.444 e. The van der Waals surface area contributed by atoms with E-state index in [2.05, 4.69) is 15.5 Å². The van der Waals surface area contributed by atoms with E-state index in [1.165, 1.54) is 18.4 Å². The van der Waals surface area contributed by atoms with E-state index < -0.39 is 5.60 Å². The maximum Gasteiger partial charge on any atom is 0.407 e. The van der Waals surface area contributed by atoms with Gasteiger partial charge >= 0.3 is 6.09 Å². The van der Waals surface area contributed by atoms with Crippen molar-refractivity contribution in [2.24, 2.45) is 0 Å². The third kappa shape index (κ3) is 6.33. The van der Waals surface area contributed by atoms with Crippen molar-refractivity contribution in [1.29, 1.82) is 0 Å². The number of nitrogens with one attached hydrogen (secondary N) is 2. The molecule has 0 bridgehead atoms. The summed E-state index contributed by atoms with van der Waals surface area (Å²) in [4.78, 5) is 25.9. The van der Waals surface area contributed by atoms with Gasteiger partial charge in [0.1, 0.15) is 5.60 Å². The number of carbonyl (C=O) groups excluding carboxylic acids is 2. The van der Waals surface area contributed by atoms with E-state index >= 15 is 0 Å². The molecule has 2 rings (SSSR count). The molecule has 1 fully saturated rings. The fourth-order valence-corrected chi connectivity index (χ4v) is 3.16. The molecule has 0 radical (unpaired) electrons. The predicted octanol–water partition coefficient (Wildman–Crippen LogP) is 2.93. The van der Waals surface area contributed by atoms with Crippen molar-refractivity contribution in [2.45, 2.75) is 58.2 Å². The lowest BCUT2D eigenvalue weighted by Crippen LogP contribution is -2.47. The number of hydrogen-bond acceptors (Lipinski definition) is 4. The molecule has 1 aliphatic heterocycles. The van der Waals surface area contributed by atoms with Crippen LogP contribution in [-0.4, -0.2) is 48.7 Å². The summed E-state index contributed by atoms with van der Waals surface area (Å²) in [5, 5.41) is 5.53. The van der Waals surface area contributed by atoms with Gasteiger partial charge in [-0.3, -0.25) is 9.69 Å². The van der Waals surface area contributed by atoms with Gasteiger partial charge in [0.2, 0.25) is 0 Å². The maximum atomic E-state index is 11.9. The van der Waals surface area contributed by atoms with Gasteiger partial charge in [0, 0.05) is 31.7 Å². The molecule has 1 aromatic rings. The number of hydrogen-bond donors (Lipinski definition) is 2. The fraction of sp³-hybridized carbons (Fsp3) is 0.600. The molecular weight excluding hydrogens is 330 g/mol. The van der Waals surface area contributed by atoms with Crippen molar-refractivity contribution < 1.29 is 14.3 Å². The number of nitrogens with zero attached hydrogens (tertiary/aromatic N) is 1. The minimum Gasteiger partial charge on any atom is -0.444 e. The Hall–Kier alpha value is -2.08. The molecule has 26 heavy (non-hydrogen) atoms. The summed E-state index contributed by atoms with van der Waals surface area (Å²) < 4.78 is 5.32. The highest BCUT2D eigenvalue weighted by Gasteiger charge is 2.24. The number of ether oxygens (including phenoxy) is 1. The van der Waals surface area contributed by atoms with E-state index in [9.17, 15) is 9.59 Å². The van der Waals surface area contributed by atoms with Crippen LogP contribution in [0.2, 0.25) is 0 Å². The summed E-state index contributed by atoms with van der Waals surface area (Å²) in [5.74, 6) is -0.0750. The van der Waals surface area contributed by atoms with Crippen LogP contribution in [0.4, 0.5) is 4.79 Å². The standard InChI is InChI=1S/C20H31N3O3/c1-20(2,3)26-19(25)22-13-17-7-5-6-12-23(17)14-15-8-10-16(11-9-15)18(24)21-4/h8-11,17H,5-7,12-14H2,1-4H3,(H,21,24)(H,22,25)/t17-/m1/s1. The topological polar surface area (TPSA) is 70.7 Å². The fourth-order valence-electron chi connectivity index (χ4n) is 3.16. The zero-order valence-corrected chi connectivity index (χ0v) is 16.3. The van der Waals surface area contributed by atoms with Gasteiger partial charge in [0.05, 0.1) is 0 Å². The first-order valence-corrected chi connectivity index (χ1v) is 9.30. The second-order valence-electron chi connectivity index (χ2n) is 7.78. The Bertz CT molecular complexity index is 608. The van der Waals surface area contributed by atoms with Gasteiger partial charge in [-0.25, -0.2) is 4.79 Å². The Morgan fingerprint density at radius 1 is 1.19 bits per heavy atom. The van der Waals surface area contributed by atoms with Crippen molar-refractivity contribution in [3.63, 3.8) is 0 Å². The molecule has 2 amide bonds. The van der Waals surface area contributed by atoms with Crippen LogP contribution in [-0.2, 0) is 11.3 Å². The van der Waals surface area contributed by atoms with E-state index in [1.807, 2.05) is 45.0 Å². The number of carbonyl (C=O) groups is 2. The first kappa shape index (κ1) is 20.2. The molecule has 0 aromatic heterocycles. The number of benzene rings is 1. The predicted molar refractivity (Wildman–Crippen MR) is 102 cm³/mol. The van der Waals surface area contributed by atoms with Crippen LogP contribution >= 0.6 is 0 Å². The van der Waals surface area contributed by atoms with E-state index in [0.717, 1.165) is 19.5 Å². The summed E-state index contributed by atoms with van der Waals surface area (Å²) in [6, 6.07) is 8.00. The zero-order chi connectivity index (χ0) is 19.2. The summed E-state index contributed by atoms with van der Waals surface area (Å²) in [6.07, 6.45) is 3.04. The summed E-state index contributed by atoms with van der Waals surface area (Å²) in [6.45, 7) is 8.00. The first-order valence-electron chi connectivity index (χ1n) is 9.30. The van der Waals surface area contributed by atoms with Crippen molar-refractivity contribution in [3.05, 3.63) is 35.4 Å². The van der Waals surface area contributed by atoms with E-state index in [-0.39, 0.29) is 12.0 Å². The molecule has 144 valence electrons. The Morgan fingerprint density at radius 2 is 1.88 bits per heavy atom. The van der Waals surface area contributed by atoms with Crippen LogP contribution < -0.4 is 10.6 Å². The first-order chi connectivity index (χ1) is 12.3. The molecule has 6 nitrogen and oxygen atoms in total. The molecule has 0 saturated carbocycles. The minimum absolute atomic E-state index is 0.0750. The van der Waals surface area contributed by atoms with Gasteiger partial charge in [-0.1, -0.05) is 18.6 Å². The molecule has 0 unspecified atom stereocenters. The molecular formula is C20H31N3O3. The number of alkyl carbamates (subject to hydrolysis) is 1. The van der Waals surface area contributed by atoms with Gasteiger partial charge in [0.25, 0.3) is 5.91 Å². The third-order valence-electron chi connectivity index (χ3n) is 4.46. The van der Waals surface area contributed by atoms with Crippen molar-refractivity contribution in [3.8, 4) is 0 Å². The summed E-state index contributed by atoms with van der Waals surface area (Å²) in [5.41, 5.74) is 1.35. The highest BCUT2D eigenvalue weighted by atomic mass is 16.6. The van der Waals surface area contributed by atoms with Crippen LogP contribution in [0, 0.1) is 0 Å². The minimum atomic E-state index is -0.483. The number of likely N-dealkylation sites (tertiary alicyclic amines) is 1. The van der Waals surface area contributed by atoms with Crippen molar-refractivity contribution >= 4 is 12.0 Å². The van der Waals surface area contributed by atoms with Crippen LogP contribution in [0.15, 0.2) is 24.3 Å². The van der Waals surface area contributed by atoms with E-state index in [1.54, 1.807) is 7.05 Å². The monoisotopic (exact) mass is 361 g/mol. The Kier molecular flexibility index (Phi) is 7.03. The van der Waals surface area contributed by atoms with Crippen LogP contribution in [0.5, 0.6) is 0 Å². The molecule has 1 aromatic carbocycles. The second kappa shape index (κ2) is 9.03. The summed E-state index contributed by atoms with van der Waals surface area (Å²) in [7, 11) is 1.63. The smallest absolute Gasteiger partial charge is 0.407 e. The van der Waals surface area contributed by atoms with Gasteiger partial charge in [0.15, 0.2) is 0 Å². The van der Waals surface area contributed by atoms with Gasteiger partial charge in [-0.15, -0.1) is 0 Å². The molecule has 6 heteroatoms. The molecule has 0 aliphatic carbocycles. The van der Waals surface area contributed by atoms with Crippen molar-refractivity contribution in [2.75, 3.05) is 20.1 Å². The van der Waals surface area contributed by atoms with Crippen LogP contribution in [0.25, 0.3) is 0 Å². The Balaban J connectivity index is 1.91. The molecule has 2 N–H and O–H groups in total. The quantitative estimate of drug-likeness (QED) is 0.846. The summed E-state index contributed by atoms with van der Waals surface area (Å²) >= 11 is 0. The Labute approximate surface area is 156 Å². The number of rotatable bonds is 5. The second-order valence-corrected chi connectivity index (χ2v) is 7.78. The van der Waals surface area contributed by atoms with E-state index in [4.69, 9.17) is 4.74 Å². The normalized spacial score (nSPS) is 18.2. The molecule has 1 atom stereocenters. The lowest BCUT2D eigenvalue weighted by molar-refractivity contribution is 0.0492. The molecule has 1 saturated heterocycles. The molecule has 1 heterocycles. The Morgan fingerprint density at radius 3 is 2.50 bits per heavy atom. The highest BCUT2D eigenvalue weighted by Crippen LogP contribution is 2.20. The maximum absolute atomic E-state index is 11.9. The van der Waals surface area contributed by atoms with Gasteiger partial charge in [-0.2, -0.15) is 0 Å². The lowest BCUT2D eigenvalue weighted by Gasteiger charge is -2.36. The highest BCUT2D eigenvalue weighted by molar-refractivity contribution is 5.93. The van der Waals surface area contributed by atoms with Gasteiger partial charge in [-0.05, 0) is 57.9 Å². The SMILES string of the molecule is CNC(=O)c1ccc(CN2CCCC[C@@H]2CNC(=O)OC(C)(C)C)cc1.